The number of likely N-dealkylation sites (tertiary alicyclic amines) is 1. The molecule has 0 bridgehead atoms. The standard InChI is InChI=1S/C19H21F2N3O3/c20-13-3-4-14(15(21)11-13)16-12-23-18(27-16)6-5-17(25)22-8-7-19(26)24-9-1-2-10-24/h3-4,11-12H,1-2,5-10H2,(H,22,25). The van der Waals surface area contributed by atoms with Crippen LogP contribution >= 0.6 is 0 Å². The molecule has 1 aliphatic heterocycles. The zero-order chi connectivity index (χ0) is 19.2. The number of aryl methyl sites for hydroxylation is 1. The van der Waals surface area contributed by atoms with Crippen molar-refractivity contribution in [3.63, 3.8) is 0 Å². The molecule has 1 aromatic carbocycles. The van der Waals surface area contributed by atoms with Gasteiger partial charge in [-0.15, -0.1) is 0 Å². The van der Waals surface area contributed by atoms with Crippen molar-refractivity contribution in [3.05, 3.63) is 41.9 Å². The van der Waals surface area contributed by atoms with Gasteiger partial charge in [-0.05, 0) is 25.0 Å². The predicted octanol–water partition coefficient (Wildman–Crippen LogP) is 2.68. The number of nitrogens with one attached hydrogen (secondary N) is 1. The van der Waals surface area contributed by atoms with Gasteiger partial charge < -0.3 is 14.6 Å². The molecule has 1 aliphatic rings. The van der Waals surface area contributed by atoms with Crippen molar-refractivity contribution in [2.75, 3.05) is 19.6 Å². The summed E-state index contributed by atoms with van der Waals surface area (Å²) < 4.78 is 32.2. The van der Waals surface area contributed by atoms with Gasteiger partial charge in [-0.25, -0.2) is 13.8 Å². The van der Waals surface area contributed by atoms with E-state index in [4.69, 9.17) is 4.42 Å². The average Bonchev–Trinajstić information content (AvgIpc) is 3.32. The normalized spacial score (nSPS) is 13.8. The number of hydrogen-bond donors (Lipinski definition) is 1. The van der Waals surface area contributed by atoms with Gasteiger partial charge in [-0.2, -0.15) is 0 Å². The highest BCUT2D eigenvalue weighted by molar-refractivity contribution is 5.79. The zero-order valence-electron chi connectivity index (χ0n) is 14.8. The lowest BCUT2D eigenvalue weighted by molar-refractivity contribution is -0.130. The Bertz CT molecular complexity index is 816. The summed E-state index contributed by atoms with van der Waals surface area (Å²) in [6, 6.07) is 3.19. The lowest BCUT2D eigenvalue weighted by Gasteiger charge is -2.15. The molecule has 27 heavy (non-hydrogen) atoms. The maximum absolute atomic E-state index is 13.8. The van der Waals surface area contributed by atoms with Crippen LogP contribution in [-0.2, 0) is 16.0 Å². The molecule has 2 heterocycles. The second-order valence-corrected chi connectivity index (χ2v) is 6.43. The average molecular weight is 377 g/mol. The fourth-order valence-electron chi connectivity index (χ4n) is 2.98. The largest absolute Gasteiger partial charge is 0.441 e. The van der Waals surface area contributed by atoms with Gasteiger partial charge in [0.25, 0.3) is 0 Å². The Balaban J connectivity index is 1.42. The van der Waals surface area contributed by atoms with Crippen LogP contribution < -0.4 is 5.32 Å². The van der Waals surface area contributed by atoms with Gasteiger partial charge in [-0.1, -0.05) is 0 Å². The van der Waals surface area contributed by atoms with E-state index in [1.807, 2.05) is 4.90 Å². The van der Waals surface area contributed by atoms with Crippen LogP contribution in [0.1, 0.15) is 31.6 Å². The molecule has 2 amide bonds. The van der Waals surface area contributed by atoms with Gasteiger partial charge in [0.05, 0.1) is 11.8 Å². The number of nitrogens with zero attached hydrogens (tertiary/aromatic N) is 2. The van der Waals surface area contributed by atoms with Gasteiger partial charge in [-0.3, -0.25) is 9.59 Å². The molecular weight excluding hydrogens is 356 g/mol. The summed E-state index contributed by atoms with van der Waals surface area (Å²) in [7, 11) is 0. The first kappa shape index (κ1) is 19.0. The SMILES string of the molecule is O=C(CCc1ncc(-c2ccc(F)cc2F)o1)NCCC(=O)N1CCCC1. The third-order valence-electron chi connectivity index (χ3n) is 4.44. The van der Waals surface area contributed by atoms with Crippen LogP contribution in [0.15, 0.2) is 28.8 Å². The minimum Gasteiger partial charge on any atom is -0.441 e. The molecule has 3 rings (SSSR count). The summed E-state index contributed by atoms with van der Waals surface area (Å²) in [5, 5.41) is 2.70. The molecule has 1 saturated heterocycles. The topological polar surface area (TPSA) is 75.4 Å². The van der Waals surface area contributed by atoms with E-state index in [0.29, 0.717) is 13.0 Å². The van der Waals surface area contributed by atoms with Crippen LogP contribution in [-0.4, -0.2) is 41.3 Å². The van der Waals surface area contributed by atoms with E-state index in [1.54, 1.807) is 0 Å². The van der Waals surface area contributed by atoms with Gasteiger partial charge in [0.15, 0.2) is 11.7 Å². The second kappa shape index (κ2) is 8.75. The monoisotopic (exact) mass is 377 g/mol. The second-order valence-electron chi connectivity index (χ2n) is 6.43. The predicted molar refractivity (Wildman–Crippen MR) is 93.6 cm³/mol. The summed E-state index contributed by atoms with van der Waals surface area (Å²) >= 11 is 0. The van der Waals surface area contributed by atoms with Crippen molar-refractivity contribution in [1.29, 1.82) is 0 Å². The van der Waals surface area contributed by atoms with Gasteiger partial charge >= 0.3 is 0 Å². The minimum atomic E-state index is -0.738. The maximum atomic E-state index is 13.8. The van der Waals surface area contributed by atoms with Gasteiger partial charge in [0, 0.05) is 45.0 Å². The van der Waals surface area contributed by atoms with E-state index in [0.717, 1.165) is 38.1 Å². The number of halogens is 2. The van der Waals surface area contributed by atoms with Crippen molar-refractivity contribution >= 4 is 11.8 Å². The molecule has 0 saturated carbocycles. The quantitative estimate of drug-likeness (QED) is 0.805. The van der Waals surface area contributed by atoms with Crippen molar-refractivity contribution in [2.45, 2.75) is 32.1 Å². The van der Waals surface area contributed by atoms with Crippen LogP contribution in [0.4, 0.5) is 8.78 Å². The maximum Gasteiger partial charge on any atom is 0.224 e. The summed E-state index contributed by atoms with van der Waals surface area (Å²) in [6.45, 7) is 1.90. The summed E-state index contributed by atoms with van der Waals surface area (Å²) in [5.41, 5.74) is 0.111. The van der Waals surface area contributed by atoms with Gasteiger partial charge in [0.2, 0.25) is 11.8 Å². The van der Waals surface area contributed by atoms with E-state index in [1.165, 1.54) is 12.3 Å². The molecule has 0 unspecified atom stereocenters. The van der Waals surface area contributed by atoms with Crippen LogP contribution in [0.25, 0.3) is 11.3 Å². The van der Waals surface area contributed by atoms with Crippen molar-refractivity contribution in [2.24, 2.45) is 0 Å². The Morgan fingerprint density at radius 1 is 1.19 bits per heavy atom. The number of carbonyl (C=O) groups excluding carboxylic acids is 2. The molecule has 0 radical (unpaired) electrons. The number of oxazole rings is 1. The van der Waals surface area contributed by atoms with E-state index < -0.39 is 11.6 Å². The first-order valence-electron chi connectivity index (χ1n) is 8.97. The lowest BCUT2D eigenvalue weighted by Crippen LogP contribution is -2.32. The van der Waals surface area contributed by atoms with E-state index >= 15 is 0 Å². The Morgan fingerprint density at radius 3 is 2.70 bits per heavy atom. The number of aromatic nitrogens is 1. The highest BCUT2D eigenvalue weighted by Gasteiger charge is 2.17. The third-order valence-corrected chi connectivity index (χ3v) is 4.44. The highest BCUT2D eigenvalue weighted by atomic mass is 19.1. The minimum absolute atomic E-state index is 0.0615. The van der Waals surface area contributed by atoms with Crippen LogP contribution in [0.2, 0.25) is 0 Å². The molecule has 1 N–H and O–H groups in total. The van der Waals surface area contributed by atoms with Crippen LogP contribution in [0.5, 0.6) is 0 Å². The molecule has 8 heteroatoms. The molecule has 2 aromatic rings. The summed E-state index contributed by atoms with van der Waals surface area (Å²) in [6.07, 6.45) is 4.10. The molecule has 1 fully saturated rings. The third kappa shape index (κ3) is 5.12. The zero-order valence-corrected chi connectivity index (χ0v) is 14.8. The number of benzene rings is 1. The Labute approximate surface area is 155 Å². The Morgan fingerprint density at radius 2 is 1.96 bits per heavy atom. The Kier molecular flexibility index (Phi) is 6.16. The Hall–Kier alpha value is -2.77. The summed E-state index contributed by atoms with van der Waals surface area (Å²) in [4.78, 5) is 29.6. The molecule has 0 spiro atoms. The highest BCUT2D eigenvalue weighted by Crippen LogP contribution is 2.24. The summed E-state index contributed by atoms with van der Waals surface area (Å²) in [5.74, 6) is -1.09. The van der Waals surface area contributed by atoms with E-state index in [9.17, 15) is 18.4 Å². The molecule has 144 valence electrons. The van der Waals surface area contributed by atoms with Gasteiger partial charge in [0.1, 0.15) is 11.6 Å². The van der Waals surface area contributed by atoms with Crippen LogP contribution in [0.3, 0.4) is 0 Å². The smallest absolute Gasteiger partial charge is 0.224 e. The molecule has 1 aromatic heterocycles. The number of amides is 2. The first-order valence-corrected chi connectivity index (χ1v) is 8.97. The van der Waals surface area contributed by atoms with Crippen molar-refractivity contribution < 1.29 is 22.8 Å². The van der Waals surface area contributed by atoms with Crippen molar-refractivity contribution in [3.8, 4) is 11.3 Å². The molecular formula is C19H21F2N3O3. The van der Waals surface area contributed by atoms with E-state index in [2.05, 4.69) is 10.3 Å². The molecule has 0 atom stereocenters. The van der Waals surface area contributed by atoms with E-state index in [-0.39, 0.29) is 41.9 Å². The number of carbonyl (C=O) groups is 2. The fraction of sp³-hybridized carbons (Fsp3) is 0.421. The number of hydrogen-bond acceptors (Lipinski definition) is 4. The van der Waals surface area contributed by atoms with Crippen molar-refractivity contribution in [1.82, 2.24) is 15.2 Å². The molecule has 0 aliphatic carbocycles. The first-order chi connectivity index (χ1) is 13.0. The lowest BCUT2D eigenvalue weighted by atomic mass is 10.2. The number of rotatable bonds is 7. The fourth-order valence-corrected chi connectivity index (χ4v) is 2.98. The van der Waals surface area contributed by atoms with Crippen LogP contribution in [0, 0.1) is 11.6 Å². The molecule has 6 nitrogen and oxygen atoms in total.